The van der Waals surface area contributed by atoms with Crippen LogP contribution in [0, 0.1) is 6.92 Å². The van der Waals surface area contributed by atoms with Crippen LogP contribution in [0.15, 0.2) is 59.5 Å². The fraction of sp³-hybridized carbons (Fsp3) is 0.462. The number of methoxy groups -OCH3 is 1. The van der Waals surface area contributed by atoms with Crippen LogP contribution in [0.25, 0.3) is 0 Å². The smallest absolute Gasteiger partial charge is 0.250 e. The predicted molar refractivity (Wildman–Crippen MR) is 137 cm³/mol. The second-order valence-corrected chi connectivity index (χ2v) is 11.3. The molecule has 2 heterocycles. The van der Waals surface area contributed by atoms with Gasteiger partial charge in [-0.25, -0.2) is 8.42 Å². The molecule has 2 aromatic carbocycles. The van der Waals surface area contributed by atoms with E-state index >= 15 is 0 Å². The minimum absolute atomic E-state index is 0.0394. The summed E-state index contributed by atoms with van der Waals surface area (Å²) in [4.78, 5) is 30.2. The Labute approximate surface area is 213 Å². The number of rotatable bonds is 9. The number of ether oxygens (including phenoxy) is 1. The Morgan fingerprint density at radius 3 is 2.36 bits per heavy atom. The van der Waals surface area contributed by atoms with Gasteiger partial charge >= 0.3 is 0 Å². The monoisotopic (exact) mass is 514 g/mol. The highest BCUT2D eigenvalue weighted by molar-refractivity contribution is 7.89. The van der Waals surface area contributed by atoms with Crippen molar-refractivity contribution in [3.05, 3.63) is 60.2 Å². The zero-order valence-electron chi connectivity index (χ0n) is 20.9. The molecule has 0 aromatic heterocycles. The van der Waals surface area contributed by atoms with Crippen molar-refractivity contribution < 1.29 is 22.7 Å². The number of amides is 2. The number of anilines is 1. The lowest BCUT2D eigenvalue weighted by Crippen LogP contribution is -2.57. The SMILES string of the molecule is COCCCNC(=O)CN1CN(c2ccccc2)C2(CCN(S(=O)(=O)c3ccc(C)cc3)CC2)C1=O. The molecule has 4 rings (SSSR count). The van der Waals surface area contributed by atoms with Crippen molar-refractivity contribution in [2.75, 3.05) is 51.5 Å². The number of para-hydroxylation sites is 1. The number of carbonyl (C=O) groups excluding carboxylic acids is 2. The summed E-state index contributed by atoms with van der Waals surface area (Å²) >= 11 is 0. The van der Waals surface area contributed by atoms with Crippen LogP contribution in [-0.4, -0.2) is 81.5 Å². The van der Waals surface area contributed by atoms with Crippen molar-refractivity contribution >= 4 is 27.5 Å². The van der Waals surface area contributed by atoms with E-state index in [2.05, 4.69) is 5.32 Å². The Bertz CT molecular complexity index is 1160. The van der Waals surface area contributed by atoms with Gasteiger partial charge in [0.2, 0.25) is 21.8 Å². The summed E-state index contributed by atoms with van der Waals surface area (Å²) < 4.78 is 33.0. The summed E-state index contributed by atoms with van der Waals surface area (Å²) in [6.45, 7) is 3.63. The van der Waals surface area contributed by atoms with Gasteiger partial charge in [0.05, 0.1) is 11.6 Å². The van der Waals surface area contributed by atoms with E-state index in [4.69, 9.17) is 4.74 Å². The van der Waals surface area contributed by atoms with E-state index in [9.17, 15) is 18.0 Å². The van der Waals surface area contributed by atoms with Gasteiger partial charge in [-0.1, -0.05) is 35.9 Å². The number of hydrogen-bond acceptors (Lipinski definition) is 6. The molecular formula is C26H34N4O5S. The van der Waals surface area contributed by atoms with E-state index in [-0.39, 0.29) is 43.0 Å². The summed E-state index contributed by atoms with van der Waals surface area (Å²) in [5, 5.41) is 2.84. The summed E-state index contributed by atoms with van der Waals surface area (Å²) in [5.41, 5.74) is 0.977. The molecule has 0 aliphatic carbocycles. The van der Waals surface area contributed by atoms with Crippen LogP contribution in [0.1, 0.15) is 24.8 Å². The molecule has 2 saturated heterocycles. The van der Waals surface area contributed by atoms with Gasteiger partial charge in [-0.2, -0.15) is 4.31 Å². The van der Waals surface area contributed by atoms with Gasteiger partial charge in [-0.15, -0.1) is 0 Å². The van der Waals surface area contributed by atoms with Crippen LogP contribution >= 0.6 is 0 Å². The lowest BCUT2D eigenvalue weighted by Gasteiger charge is -2.42. The van der Waals surface area contributed by atoms with Crippen LogP contribution in [0.2, 0.25) is 0 Å². The van der Waals surface area contributed by atoms with E-state index in [1.807, 2.05) is 42.2 Å². The molecule has 9 nitrogen and oxygen atoms in total. The molecule has 2 amide bonds. The second kappa shape index (κ2) is 11.0. The maximum atomic E-state index is 13.8. The number of hydrogen-bond donors (Lipinski definition) is 1. The van der Waals surface area contributed by atoms with Crippen molar-refractivity contribution in [3.8, 4) is 0 Å². The highest BCUT2D eigenvalue weighted by Gasteiger charge is 2.55. The first-order valence-electron chi connectivity index (χ1n) is 12.2. The van der Waals surface area contributed by atoms with Crippen LogP contribution in [-0.2, 0) is 24.3 Å². The van der Waals surface area contributed by atoms with E-state index in [1.165, 1.54) is 4.31 Å². The first kappa shape index (κ1) is 26.1. The summed E-state index contributed by atoms with van der Waals surface area (Å²) in [6, 6.07) is 16.4. The summed E-state index contributed by atoms with van der Waals surface area (Å²) in [7, 11) is -2.05. The van der Waals surface area contributed by atoms with Gasteiger partial charge in [-0.3, -0.25) is 9.59 Å². The first-order valence-corrected chi connectivity index (χ1v) is 13.7. The minimum atomic E-state index is -3.66. The molecule has 0 radical (unpaired) electrons. The van der Waals surface area contributed by atoms with Crippen molar-refractivity contribution in [3.63, 3.8) is 0 Å². The van der Waals surface area contributed by atoms with Crippen molar-refractivity contribution in [1.82, 2.24) is 14.5 Å². The molecule has 1 spiro atoms. The molecule has 1 N–H and O–H groups in total. The molecule has 36 heavy (non-hydrogen) atoms. The van der Waals surface area contributed by atoms with Gasteiger partial charge in [0, 0.05) is 39.0 Å². The third-order valence-electron chi connectivity index (χ3n) is 6.97. The third-order valence-corrected chi connectivity index (χ3v) is 8.89. The zero-order chi connectivity index (χ0) is 25.8. The third kappa shape index (κ3) is 5.25. The largest absolute Gasteiger partial charge is 0.385 e. The van der Waals surface area contributed by atoms with Gasteiger partial charge in [-0.05, 0) is 50.5 Å². The molecule has 2 aliphatic heterocycles. The minimum Gasteiger partial charge on any atom is -0.385 e. The van der Waals surface area contributed by atoms with Crippen LogP contribution in [0.5, 0.6) is 0 Å². The van der Waals surface area contributed by atoms with E-state index < -0.39 is 15.6 Å². The van der Waals surface area contributed by atoms with E-state index in [0.29, 0.717) is 32.4 Å². The molecule has 0 atom stereocenters. The maximum Gasteiger partial charge on any atom is 0.250 e. The molecule has 0 bridgehead atoms. The van der Waals surface area contributed by atoms with Crippen LogP contribution in [0.3, 0.4) is 0 Å². The second-order valence-electron chi connectivity index (χ2n) is 9.35. The lowest BCUT2D eigenvalue weighted by atomic mass is 9.86. The van der Waals surface area contributed by atoms with Gasteiger partial charge in [0.1, 0.15) is 12.1 Å². The number of sulfonamides is 1. The lowest BCUT2D eigenvalue weighted by molar-refractivity contribution is -0.137. The van der Waals surface area contributed by atoms with Gasteiger partial charge < -0.3 is 19.9 Å². The maximum absolute atomic E-state index is 13.8. The normalized spacial score (nSPS) is 18.1. The number of piperidine rings is 1. The van der Waals surface area contributed by atoms with Gasteiger partial charge in [0.15, 0.2) is 0 Å². The van der Waals surface area contributed by atoms with Gasteiger partial charge in [0.25, 0.3) is 0 Å². The number of aryl methyl sites for hydroxylation is 1. The molecule has 2 aliphatic rings. The Morgan fingerprint density at radius 2 is 1.72 bits per heavy atom. The highest BCUT2D eigenvalue weighted by atomic mass is 32.2. The first-order chi connectivity index (χ1) is 17.3. The summed E-state index contributed by atoms with van der Waals surface area (Å²) in [5.74, 6) is -0.352. The molecule has 10 heteroatoms. The predicted octanol–water partition coefficient (Wildman–Crippen LogP) is 1.98. The fourth-order valence-electron chi connectivity index (χ4n) is 4.95. The standard InChI is InChI=1S/C26H34N4O5S/c1-21-9-11-23(12-10-21)36(33,34)29-16-13-26(14-17-29)25(32)28(19-24(31)27-15-6-18-35-2)20-30(26)22-7-4-3-5-8-22/h3-5,7-12H,6,13-20H2,1-2H3,(H,27,31). The molecule has 0 unspecified atom stereocenters. The molecular weight excluding hydrogens is 480 g/mol. The Hall–Kier alpha value is -2.95. The molecule has 194 valence electrons. The fourth-order valence-corrected chi connectivity index (χ4v) is 6.39. The average Bonchev–Trinajstić information content (AvgIpc) is 3.14. The van der Waals surface area contributed by atoms with Crippen molar-refractivity contribution in [1.29, 1.82) is 0 Å². The number of carbonyl (C=O) groups is 2. The highest BCUT2D eigenvalue weighted by Crippen LogP contribution is 2.40. The summed E-state index contributed by atoms with van der Waals surface area (Å²) in [6.07, 6.45) is 1.39. The topological polar surface area (TPSA) is 99.3 Å². The molecule has 0 saturated carbocycles. The molecule has 2 aromatic rings. The number of nitrogens with one attached hydrogen (secondary N) is 1. The van der Waals surface area contributed by atoms with Crippen LogP contribution in [0.4, 0.5) is 5.69 Å². The van der Waals surface area contributed by atoms with E-state index in [1.54, 1.807) is 36.3 Å². The quantitative estimate of drug-likeness (QED) is 0.514. The van der Waals surface area contributed by atoms with Crippen LogP contribution < -0.4 is 10.2 Å². The number of nitrogens with zero attached hydrogens (tertiary/aromatic N) is 3. The molecule has 2 fully saturated rings. The number of benzene rings is 2. The Balaban J connectivity index is 1.51. The Morgan fingerprint density at radius 1 is 1.06 bits per heavy atom. The van der Waals surface area contributed by atoms with Crippen molar-refractivity contribution in [2.45, 2.75) is 36.6 Å². The zero-order valence-corrected chi connectivity index (χ0v) is 21.7. The van der Waals surface area contributed by atoms with Crippen molar-refractivity contribution in [2.24, 2.45) is 0 Å². The Kier molecular flexibility index (Phi) is 7.97. The average molecular weight is 515 g/mol. The van der Waals surface area contributed by atoms with E-state index in [0.717, 1.165) is 11.3 Å².